The second kappa shape index (κ2) is 6.84. The summed E-state index contributed by atoms with van der Waals surface area (Å²) in [5.41, 5.74) is 2.21. The minimum Gasteiger partial charge on any atom is -0.459 e. The van der Waals surface area contributed by atoms with Crippen molar-refractivity contribution in [2.45, 2.75) is 13.2 Å². The van der Waals surface area contributed by atoms with Gasteiger partial charge in [0.2, 0.25) is 5.89 Å². The number of halogens is 1. The molecule has 2 aromatic heterocycles. The van der Waals surface area contributed by atoms with Gasteiger partial charge in [0, 0.05) is 10.9 Å². The number of carbonyl (C=O) groups excluding carboxylic acids is 1. The molecule has 6 heteroatoms. The van der Waals surface area contributed by atoms with Gasteiger partial charge >= 0.3 is 5.97 Å². The molecule has 2 heterocycles. The van der Waals surface area contributed by atoms with Crippen molar-refractivity contribution >= 4 is 16.9 Å². The van der Waals surface area contributed by atoms with E-state index < -0.39 is 5.97 Å². The number of esters is 1. The van der Waals surface area contributed by atoms with E-state index in [2.05, 4.69) is 4.98 Å². The van der Waals surface area contributed by atoms with Gasteiger partial charge < -0.3 is 13.7 Å². The van der Waals surface area contributed by atoms with Crippen LogP contribution >= 0.6 is 0 Å². The molecule has 0 bridgehead atoms. The first-order valence-corrected chi connectivity index (χ1v) is 8.09. The largest absolute Gasteiger partial charge is 0.459 e. The Morgan fingerprint density at radius 3 is 2.77 bits per heavy atom. The summed E-state index contributed by atoms with van der Waals surface area (Å²) in [5, 5.41) is 0.661. The van der Waals surface area contributed by atoms with Crippen molar-refractivity contribution in [2.24, 2.45) is 0 Å². The number of rotatable bonds is 5. The molecule has 0 saturated carbocycles. The lowest BCUT2D eigenvalue weighted by Gasteiger charge is -2.09. The van der Waals surface area contributed by atoms with E-state index in [1.54, 1.807) is 16.7 Å². The Labute approximate surface area is 148 Å². The van der Waals surface area contributed by atoms with Crippen LogP contribution in [0.3, 0.4) is 0 Å². The van der Waals surface area contributed by atoms with Crippen LogP contribution in [0, 0.1) is 5.82 Å². The maximum atomic E-state index is 13.6. The van der Waals surface area contributed by atoms with Gasteiger partial charge in [-0.25, -0.2) is 9.37 Å². The predicted molar refractivity (Wildman–Crippen MR) is 93.6 cm³/mol. The maximum Gasteiger partial charge on any atom is 0.326 e. The molecular weight excluding hydrogens is 335 g/mol. The number of ether oxygens (including phenoxy) is 1. The molecular formula is C20H15FN2O3. The average molecular weight is 350 g/mol. The van der Waals surface area contributed by atoms with Crippen LogP contribution in [-0.4, -0.2) is 15.5 Å². The molecule has 0 radical (unpaired) electrons. The lowest BCUT2D eigenvalue weighted by Crippen LogP contribution is -2.14. The number of hydrogen-bond acceptors (Lipinski definition) is 4. The summed E-state index contributed by atoms with van der Waals surface area (Å²) in [4.78, 5) is 16.5. The third kappa shape index (κ3) is 3.21. The first-order valence-electron chi connectivity index (χ1n) is 8.09. The molecule has 130 valence electrons. The summed E-state index contributed by atoms with van der Waals surface area (Å²) < 4.78 is 26.0. The van der Waals surface area contributed by atoms with E-state index in [0.29, 0.717) is 22.5 Å². The van der Waals surface area contributed by atoms with Gasteiger partial charge in [0.1, 0.15) is 30.9 Å². The molecule has 0 aliphatic heterocycles. The molecule has 0 fully saturated rings. The minimum absolute atomic E-state index is 0.0281. The van der Waals surface area contributed by atoms with Gasteiger partial charge in [-0.1, -0.05) is 30.3 Å². The molecule has 26 heavy (non-hydrogen) atoms. The van der Waals surface area contributed by atoms with Crippen molar-refractivity contribution in [1.82, 2.24) is 9.55 Å². The number of hydrogen-bond donors (Lipinski definition) is 0. The number of oxazole rings is 1. The van der Waals surface area contributed by atoms with E-state index >= 15 is 0 Å². The Morgan fingerprint density at radius 2 is 2.00 bits per heavy atom. The second-order valence-electron chi connectivity index (χ2n) is 5.80. The summed E-state index contributed by atoms with van der Waals surface area (Å²) in [6, 6.07) is 15.6. The van der Waals surface area contributed by atoms with E-state index in [9.17, 15) is 9.18 Å². The molecule has 4 rings (SSSR count). The first-order chi connectivity index (χ1) is 12.7. The van der Waals surface area contributed by atoms with E-state index in [1.807, 2.05) is 30.3 Å². The second-order valence-corrected chi connectivity index (χ2v) is 5.80. The Morgan fingerprint density at radius 1 is 1.15 bits per heavy atom. The zero-order valence-corrected chi connectivity index (χ0v) is 13.8. The smallest absolute Gasteiger partial charge is 0.326 e. The van der Waals surface area contributed by atoms with Crippen LogP contribution in [0.2, 0.25) is 0 Å². The zero-order valence-electron chi connectivity index (χ0n) is 13.8. The first kappa shape index (κ1) is 16.1. The maximum absolute atomic E-state index is 13.6. The molecule has 0 N–H and O–H groups in total. The van der Waals surface area contributed by atoms with Crippen molar-refractivity contribution < 1.29 is 18.3 Å². The fraction of sp³-hybridized carbons (Fsp3) is 0.100. The fourth-order valence-electron chi connectivity index (χ4n) is 2.85. The van der Waals surface area contributed by atoms with E-state index in [4.69, 9.17) is 9.15 Å². The monoisotopic (exact) mass is 350 g/mol. The Kier molecular flexibility index (Phi) is 4.23. The van der Waals surface area contributed by atoms with Crippen LogP contribution in [0.1, 0.15) is 5.56 Å². The zero-order chi connectivity index (χ0) is 17.9. The highest BCUT2D eigenvalue weighted by atomic mass is 19.1. The van der Waals surface area contributed by atoms with E-state index in [1.165, 1.54) is 24.6 Å². The molecule has 0 saturated heterocycles. The molecule has 4 aromatic rings. The molecule has 0 aliphatic carbocycles. The molecule has 0 spiro atoms. The van der Waals surface area contributed by atoms with Crippen molar-refractivity contribution in [2.75, 3.05) is 0 Å². The number of carbonyl (C=O) groups is 1. The SMILES string of the molecule is O=C(Cn1c(-c2ncco2)cc2cc(F)ccc21)OCc1ccccc1. The van der Waals surface area contributed by atoms with Crippen molar-refractivity contribution in [1.29, 1.82) is 0 Å². The highest BCUT2D eigenvalue weighted by molar-refractivity contribution is 5.87. The third-order valence-electron chi connectivity index (χ3n) is 4.04. The number of aromatic nitrogens is 2. The molecule has 0 aliphatic rings. The number of nitrogens with zero attached hydrogens (tertiary/aromatic N) is 2. The highest BCUT2D eigenvalue weighted by Gasteiger charge is 2.17. The predicted octanol–water partition coefficient (Wildman–Crippen LogP) is 4.18. The van der Waals surface area contributed by atoms with Crippen molar-refractivity contribution in [3.05, 3.63) is 78.4 Å². The third-order valence-corrected chi connectivity index (χ3v) is 4.04. The summed E-state index contributed by atoms with van der Waals surface area (Å²) in [6.45, 7) is 0.168. The summed E-state index contributed by atoms with van der Waals surface area (Å²) >= 11 is 0. The molecule has 0 atom stereocenters. The molecule has 0 amide bonds. The standard InChI is InChI=1S/C20H15FN2O3/c21-16-6-7-17-15(10-16)11-18(20-22-8-9-25-20)23(17)12-19(24)26-13-14-4-2-1-3-5-14/h1-11H,12-13H2. The summed E-state index contributed by atoms with van der Waals surface area (Å²) in [5.74, 6) is -0.388. The van der Waals surface area contributed by atoms with Gasteiger partial charge in [-0.15, -0.1) is 0 Å². The minimum atomic E-state index is -0.400. The van der Waals surface area contributed by atoms with Gasteiger partial charge in [-0.2, -0.15) is 0 Å². The molecule has 5 nitrogen and oxygen atoms in total. The Bertz CT molecular complexity index is 1040. The van der Waals surface area contributed by atoms with Crippen LogP contribution in [0.4, 0.5) is 4.39 Å². The lowest BCUT2D eigenvalue weighted by atomic mass is 10.2. The van der Waals surface area contributed by atoms with Crippen LogP contribution in [0.15, 0.2) is 71.5 Å². The molecule has 2 aromatic carbocycles. The van der Waals surface area contributed by atoms with Crippen LogP contribution in [0.25, 0.3) is 22.5 Å². The van der Waals surface area contributed by atoms with E-state index in [-0.39, 0.29) is 19.0 Å². The normalized spacial score (nSPS) is 11.0. The highest BCUT2D eigenvalue weighted by Crippen LogP contribution is 2.28. The topological polar surface area (TPSA) is 57.3 Å². The van der Waals surface area contributed by atoms with Crippen LogP contribution in [-0.2, 0) is 22.7 Å². The quantitative estimate of drug-likeness (QED) is 0.507. The summed E-state index contributed by atoms with van der Waals surface area (Å²) in [7, 11) is 0. The van der Waals surface area contributed by atoms with Gasteiger partial charge in [-0.3, -0.25) is 4.79 Å². The lowest BCUT2D eigenvalue weighted by molar-refractivity contribution is -0.145. The Balaban J connectivity index is 1.62. The number of benzene rings is 2. The summed E-state index contributed by atoms with van der Waals surface area (Å²) in [6.07, 6.45) is 2.97. The van der Waals surface area contributed by atoms with Gasteiger partial charge in [0.05, 0.1) is 6.20 Å². The fourth-order valence-corrected chi connectivity index (χ4v) is 2.85. The van der Waals surface area contributed by atoms with Gasteiger partial charge in [0.25, 0.3) is 0 Å². The van der Waals surface area contributed by atoms with Crippen molar-refractivity contribution in [3.8, 4) is 11.6 Å². The van der Waals surface area contributed by atoms with Gasteiger partial charge in [-0.05, 0) is 29.8 Å². The van der Waals surface area contributed by atoms with Gasteiger partial charge in [0.15, 0.2) is 0 Å². The van der Waals surface area contributed by atoms with E-state index in [0.717, 1.165) is 5.56 Å². The van der Waals surface area contributed by atoms with Crippen LogP contribution in [0.5, 0.6) is 0 Å². The van der Waals surface area contributed by atoms with Crippen molar-refractivity contribution in [3.63, 3.8) is 0 Å². The average Bonchev–Trinajstić information content (AvgIpc) is 3.29. The number of fused-ring (bicyclic) bond motifs is 1. The molecule has 0 unspecified atom stereocenters. The van der Waals surface area contributed by atoms with Crippen LogP contribution < -0.4 is 0 Å². The Hall–Kier alpha value is -3.41.